The van der Waals surface area contributed by atoms with Gasteiger partial charge in [-0.05, 0) is 6.42 Å². The van der Waals surface area contributed by atoms with Crippen molar-refractivity contribution in [3.8, 4) is 0 Å². The van der Waals surface area contributed by atoms with E-state index in [-0.39, 0.29) is 6.04 Å². The second-order valence-electron chi connectivity index (χ2n) is 4.53. The number of hydrogen-bond acceptors (Lipinski definition) is 5. The van der Waals surface area contributed by atoms with Crippen molar-refractivity contribution >= 4 is 0 Å². The fourth-order valence-corrected chi connectivity index (χ4v) is 2.20. The Morgan fingerprint density at radius 1 is 1.50 bits per heavy atom. The molecule has 0 aromatic carbocycles. The maximum atomic E-state index is 5.88. The summed E-state index contributed by atoms with van der Waals surface area (Å²) in [5, 5.41) is 2.18. The summed E-state index contributed by atoms with van der Waals surface area (Å²) in [6.45, 7) is 7.06. The van der Waals surface area contributed by atoms with Gasteiger partial charge in [-0.1, -0.05) is 6.92 Å². The third-order valence-electron chi connectivity index (χ3n) is 3.15. The Morgan fingerprint density at radius 3 is 2.94 bits per heavy atom. The zero-order valence-electron chi connectivity index (χ0n) is 11.0. The number of hydrazine groups is 1. The van der Waals surface area contributed by atoms with Crippen LogP contribution in [0, 0.1) is 0 Å². The van der Waals surface area contributed by atoms with Crippen LogP contribution in [0.1, 0.15) is 25.1 Å². The SMILES string of the molecule is CCCn1cncc1C(CN)NN1CCOCC1. The first kappa shape index (κ1) is 13.5. The van der Waals surface area contributed by atoms with Crippen LogP contribution >= 0.6 is 0 Å². The standard InChI is InChI=1S/C12H23N5O/c1-2-3-16-10-14-9-12(16)11(8-13)15-17-4-6-18-7-5-17/h9-11,15H,2-8,13H2,1H3. The molecule has 18 heavy (non-hydrogen) atoms. The molecule has 102 valence electrons. The van der Waals surface area contributed by atoms with Crippen molar-refractivity contribution in [1.29, 1.82) is 0 Å². The molecule has 1 aromatic rings. The van der Waals surface area contributed by atoms with E-state index in [0.29, 0.717) is 6.54 Å². The quantitative estimate of drug-likeness (QED) is 0.754. The largest absolute Gasteiger partial charge is 0.379 e. The van der Waals surface area contributed by atoms with E-state index in [9.17, 15) is 0 Å². The molecular formula is C12H23N5O. The first-order valence-electron chi connectivity index (χ1n) is 6.64. The minimum absolute atomic E-state index is 0.122. The highest BCUT2D eigenvalue weighted by atomic mass is 16.5. The molecule has 1 fully saturated rings. The van der Waals surface area contributed by atoms with Crippen molar-refractivity contribution in [2.75, 3.05) is 32.8 Å². The smallest absolute Gasteiger partial charge is 0.0948 e. The minimum atomic E-state index is 0.122. The highest BCUT2D eigenvalue weighted by molar-refractivity contribution is 5.05. The summed E-state index contributed by atoms with van der Waals surface area (Å²) < 4.78 is 7.51. The summed E-state index contributed by atoms with van der Waals surface area (Å²) in [5.74, 6) is 0. The predicted molar refractivity (Wildman–Crippen MR) is 69.8 cm³/mol. The Labute approximate surface area is 108 Å². The van der Waals surface area contributed by atoms with E-state index in [1.807, 2.05) is 12.5 Å². The normalized spacial score (nSPS) is 19.0. The summed E-state index contributed by atoms with van der Waals surface area (Å²) in [5.41, 5.74) is 10.5. The highest BCUT2D eigenvalue weighted by Gasteiger charge is 2.18. The minimum Gasteiger partial charge on any atom is -0.379 e. The van der Waals surface area contributed by atoms with Crippen molar-refractivity contribution < 1.29 is 4.74 Å². The molecule has 0 bridgehead atoms. The van der Waals surface area contributed by atoms with E-state index in [1.165, 1.54) is 0 Å². The van der Waals surface area contributed by atoms with Gasteiger partial charge in [0, 0.05) is 32.4 Å². The molecule has 0 spiro atoms. The van der Waals surface area contributed by atoms with E-state index in [4.69, 9.17) is 10.5 Å². The second-order valence-corrected chi connectivity index (χ2v) is 4.53. The van der Waals surface area contributed by atoms with Gasteiger partial charge in [-0.2, -0.15) is 0 Å². The molecule has 1 aliphatic heterocycles. The number of aromatic nitrogens is 2. The number of rotatable bonds is 6. The molecule has 1 unspecified atom stereocenters. The molecule has 6 nitrogen and oxygen atoms in total. The van der Waals surface area contributed by atoms with E-state index >= 15 is 0 Å². The monoisotopic (exact) mass is 253 g/mol. The molecule has 1 aliphatic rings. The van der Waals surface area contributed by atoms with Crippen LogP contribution in [0.15, 0.2) is 12.5 Å². The molecule has 1 aromatic heterocycles. The van der Waals surface area contributed by atoms with Gasteiger partial charge in [0.2, 0.25) is 0 Å². The van der Waals surface area contributed by atoms with Crippen LogP contribution in [0.2, 0.25) is 0 Å². The Kier molecular flexibility index (Phi) is 5.12. The third kappa shape index (κ3) is 3.29. The fourth-order valence-electron chi connectivity index (χ4n) is 2.20. The molecule has 2 heterocycles. The Morgan fingerprint density at radius 2 is 2.28 bits per heavy atom. The first-order valence-corrected chi connectivity index (χ1v) is 6.64. The lowest BCUT2D eigenvalue weighted by Crippen LogP contribution is -2.49. The number of hydrogen-bond donors (Lipinski definition) is 2. The summed E-state index contributed by atoms with van der Waals surface area (Å²) in [6.07, 6.45) is 4.88. The predicted octanol–water partition coefficient (Wildman–Crippen LogP) is 0.130. The van der Waals surface area contributed by atoms with Crippen LogP contribution in [0.5, 0.6) is 0 Å². The highest BCUT2D eigenvalue weighted by Crippen LogP contribution is 2.13. The average molecular weight is 253 g/mol. The van der Waals surface area contributed by atoms with Gasteiger partial charge in [0.1, 0.15) is 0 Å². The molecule has 6 heteroatoms. The third-order valence-corrected chi connectivity index (χ3v) is 3.15. The molecule has 3 N–H and O–H groups in total. The zero-order valence-corrected chi connectivity index (χ0v) is 11.0. The van der Waals surface area contributed by atoms with Crippen LogP contribution in [0.4, 0.5) is 0 Å². The lowest BCUT2D eigenvalue weighted by molar-refractivity contribution is 0.00344. The molecule has 0 aliphatic carbocycles. The van der Waals surface area contributed by atoms with Gasteiger partial charge < -0.3 is 15.0 Å². The molecule has 1 atom stereocenters. The lowest BCUT2D eigenvalue weighted by atomic mass is 10.2. The fraction of sp³-hybridized carbons (Fsp3) is 0.750. The van der Waals surface area contributed by atoms with Gasteiger partial charge in [0.05, 0.1) is 31.3 Å². The maximum Gasteiger partial charge on any atom is 0.0948 e. The van der Waals surface area contributed by atoms with Gasteiger partial charge >= 0.3 is 0 Å². The Hall–Kier alpha value is -0.950. The number of nitrogens with one attached hydrogen (secondary N) is 1. The summed E-state index contributed by atoms with van der Waals surface area (Å²) in [4.78, 5) is 4.23. The summed E-state index contributed by atoms with van der Waals surface area (Å²) in [7, 11) is 0. The van der Waals surface area contributed by atoms with Crippen molar-refractivity contribution in [1.82, 2.24) is 20.0 Å². The zero-order chi connectivity index (χ0) is 12.8. The van der Waals surface area contributed by atoms with Crippen LogP contribution in [0.25, 0.3) is 0 Å². The maximum absolute atomic E-state index is 5.88. The van der Waals surface area contributed by atoms with E-state index < -0.39 is 0 Å². The van der Waals surface area contributed by atoms with E-state index in [0.717, 1.165) is 45.0 Å². The van der Waals surface area contributed by atoms with Crippen LogP contribution in [-0.4, -0.2) is 47.4 Å². The van der Waals surface area contributed by atoms with Crippen molar-refractivity contribution in [2.24, 2.45) is 5.73 Å². The first-order chi connectivity index (χ1) is 8.85. The molecule has 0 radical (unpaired) electrons. The number of ether oxygens (including phenoxy) is 1. The molecule has 0 saturated carbocycles. The van der Waals surface area contributed by atoms with Crippen LogP contribution in [-0.2, 0) is 11.3 Å². The number of nitrogens with two attached hydrogens (primary N) is 1. The number of morpholine rings is 1. The molecule has 1 saturated heterocycles. The van der Waals surface area contributed by atoms with Crippen molar-refractivity contribution in [3.05, 3.63) is 18.2 Å². The second kappa shape index (κ2) is 6.84. The average Bonchev–Trinajstić information content (AvgIpc) is 2.86. The van der Waals surface area contributed by atoms with Crippen LogP contribution in [0.3, 0.4) is 0 Å². The van der Waals surface area contributed by atoms with Gasteiger partial charge in [-0.15, -0.1) is 0 Å². The van der Waals surface area contributed by atoms with E-state index in [1.54, 1.807) is 0 Å². The molecular weight excluding hydrogens is 230 g/mol. The van der Waals surface area contributed by atoms with Gasteiger partial charge in [-0.3, -0.25) is 0 Å². The van der Waals surface area contributed by atoms with Gasteiger partial charge in [0.15, 0.2) is 0 Å². The van der Waals surface area contributed by atoms with Crippen molar-refractivity contribution in [3.63, 3.8) is 0 Å². The van der Waals surface area contributed by atoms with E-state index in [2.05, 4.69) is 26.9 Å². The van der Waals surface area contributed by atoms with Gasteiger partial charge in [-0.25, -0.2) is 15.4 Å². The van der Waals surface area contributed by atoms with Crippen LogP contribution < -0.4 is 11.2 Å². The summed E-state index contributed by atoms with van der Waals surface area (Å²) in [6, 6.07) is 0.122. The molecule has 2 rings (SSSR count). The van der Waals surface area contributed by atoms with Crippen molar-refractivity contribution in [2.45, 2.75) is 25.9 Å². The molecule has 0 amide bonds. The Balaban J connectivity index is 2.00. The Bertz CT molecular complexity index is 348. The summed E-state index contributed by atoms with van der Waals surface area (Å²) >= 11 is 0. The van der Waals surface area contributed by atoms with Gasteiger partial charge in [0.25, 0.3) is 0 Å². The number of imidazole rings is 1. The topological polar surface area (TPSA) is 68.3 Å². The number of nitrogens with zero attached hydrogens (tertiary/aromatic N) is 3. The lowest BCUT2D eigenvalue weighted by Gasteiger charge is -2.31. The number of aryl methyl sites for hydroxylation is 1.